The van der Waals surface area contributed by atoms with Gasteiger partial charge >= 0.3 is 6.03 Å². The van der Waals surface area contributed by atoms with E-state index >= 15 is 0 Å². The average Bonchev–Trinajstić information content (AvgIpc) is 3.48. The standard InChI is InChI=1S/C24H37N3O2/c1-16(2)20(6)23(21-10-11-21)27(7)24(29)26-15-22(28)19(5)14-18(4)13-17(3)9-8-12-25/h13,16,18-19H,6,8-11,14-15H2,1-5,7H3,(H,26,29)/b17-13+. The summed E-state index contributed by atoms with van der Waals surface area (Å²) in [5, 5.41) is 11.4. The van der Waals surface area contributed by atoms with Gasteiger partial charge in [-0.15, -0.1) is 0 Å². The van der Waals surface area contributed by atoms with Gasteiger partial charge in [0.15, 0.2) is 5.78 Å². The monoisotopic (exact) mass is 399 g/mol. The van der Waals surface area contributed by atoms with Crippen LogP contribution in [0.4, 0.5) is 4.79 Å². The van der Waals surface area contributed by atoms with Gasteiger partial charge in [-0.3, -0.25) is 9.69 Å². The molecule has 5 heteroatoms. The van der Waals surface area contributed by atoms with Crippen LogP contribution < -0.4 is 5.32 Å². The molecule has 2 unspecified atom stereocenters. The smallest absolute Gasteiger partial charge is 0.321 e. The van der Waals surface area contributed by atoms with Crippen molar-refractivity contribution in [2.75, 3.05) is 13.6 Å². The summed E-state index contributed by atoms with van der Waals surface area (Å²) in [5.74, 6) is 0.417. The molecule has 1 fully saturated rings. The van der Waals surface area contributed by atoms with Gasteiger partial charge in [-0.25, -0.2) is 4.79 Å². The first-order valence-corrected chi connectivity index (χ1v) is 10.6. The molecule has 0 radical (unpaired) electrons. The van der Waals surface area contributed by atoms with Crippen molar-refractivity contribution in [3.05, 3.63) is 35.1 Å². The third kappa shape index (κ3) is 8.27. The van der Waals surface area contributed by atoms with Gasteiger partial charge in [0.2, 0.25) is 0 Å². The molecule has 5 nitrogen and oxygen atoms in total. The number of carbonyl (C=O) groups is 2. The molecule has 0 aliphatic heterocycles. The number of hydrogen-bond acceptors (Lipinski definition) is 3. The molecule has 1 aliphatic rings. The minimum absolute atomic E-state index is 0.0324. The van der Waals surface area contributed by atoms with Gasteiger partial charge < -0.3 is 5.32 Å². The van der Waals surface area contributed by atoms with Gasteiger partial charge in [-0.05, 0) is 55.6 Å². The van der Waals surface area contributed by atoms with Gasteiger partial charge in [0.1, 0.15) is 0 Å². The van der Waals surface area contributed by atoms with Crippen molar-refractivity contribution in [3.8, 4) is 6.07 Å². The molecule has 160 valence electrons. The lowest BCUT2D eigenvalue weighted by Gasteiger charge is -2.25. The summed E-state index contributed by atoms with van der Waals surface area (Å²) in [6.07, 6.45) is 6.17. The van der Waals surface area contributed by atoms with Crippen LogP contribution in [0.1, 0.15) is 66.7 Å². The molecular formula is C24H37N3O2. The number of nitrogens with zero attached hydrogens (tertiary/aromatic N) is 2. The van der Waals surface area contributed by atoms with E-state index < -0.39 is 0 Å². The molecule has 2 amide bonds. The van der Waals surface area contributed by atoms with Gasteiger partial charge in [0, 0.05) is 25.1 Å². The summed E-state index contributed by atoms with van der Waals surface area (Å²) in [4.78, 5) is 26.7. The number of rotatable bonds is 11. The Morgan fingerprint density at radius 2 is 1.90 bits per heavy atom. The largest absolute Gasteiger partial charge is 0.331 e. The number of ketones is 1. The van der Waals surface area contributed by atoms with E-state index in [9.17, 15) is 9.59 Å². The number of urea groups is 1. The summed E-state index contributed by atoms with van der Waals surface area (Å²) in [6.45, 7) is 14.3. The molecule has 1 N–H and O–H groups in total. The van der Waals surface area contributed by atoms with Crippen LogP contribution in [0.15, 0.2) is 35.1 Å². The predicted octanol–water partition coefficient (Wildman–Crippen LogP) is 5.37. The Balaban J connectivity index is 2.56. The molecule has 1 rings (SSSR count). The van der Waals surface area contributed by atoms with Gasteiger partial charge in [-0.2, -0.15) is 5.26 Å². The Bertz CT molecular complexity index is 719. The maximum atomic E-state index is 12.6. The number of nitrogens with one attached hydrogen (secondary N) is 1. The topological polar surface area (TPSA) is 73.2 Å². The normalized spacial score (nSPS) is 15.4. The number of likely N-dealkylation sites (N-methyl/N-ethyl adjacent to an activating group) is 1. The van der Waals surface area contributed by atoms with Crippen molar-refractivity contribution >= 4 is 11.8 Å². The van der Waals surface area contributed by atoms with Crippen LogP contribution in [0.3, 0.4) is 0 Å². The number of amides is 2. The first kappa shape index (κ1) is 24.7. The van der Waals surface area contributed by atoms with E-state index in [4.69, 9.17) is 5.26 Å². The second-order valence-electron chi connectivity index (χ2n) is 8.60. The van der Waals surface area contributed by atoms with Crippen LogP contribution in [-0.4, -0.2) is 30.3 Å². The van der Waals surface area contributed by atoms with Crippen molar-refractivity contribution in [2.24, 2.45) is 17.8 Å². The lowest BCUT2D eigenvalue weighted by atomic mass is 9.92. The van der Waals surface area contributed by atoms with Crippen molar-refractivity contribution in [1.29, 1.82) is 5.26 Å². The highest BCUT2D eigenvalue weighted by Gasteiger charge is 2.27. The van der Waals surface area contributed by atoms with E-state index in [1.54, 1.807) is 11.9 Å². The molecule has 0 aromatic carbocycles. The summed E-state index contributed by atoms with van der Waals surface area (Å²) >= 11 is 0. The summed E-state index contributed by atoms with van der Waals surface area (Å²) in [6, 6.07) is 1.89. The van der Waals surface area contributed by atoms with E-state index in [2.05, 4.69) is 44.8 Å². The molecule has 1 saturated carbocycles. The van der Waals surface area contributed by atoms with Gasteiger partial charge in [0.25, 0.3) is 0 Å². The van der Waals surface area contributed by atoms with Crippen LogP contribution in [0.5, 0.6) is 0 Å². The molecule has 0 spiro atoms. The van der Waals surface area contributed by atoms with Crippen LogP contribution >= 0.6 is 0 Å². The number of allylic oxidation sites excluding steroid dienone is 4. The molecule has 29 heavy (non-hydrogen) atoms. The predicted molar refractivity (Wildman–Crippen MR) is 118 cm³/mol. The van der Waals surface area contributed by atoms with E-state index in [1.807, 2.05) is 13.8 Å². The minimum atomic E-state index is -0.262. The van der Waals surface area contributed by atoms with Crippen LogP contribution in [-0.2, 0) is 4.79 Å². The van der Waals surface area contributed by atoms with Crippen LogP contribution in [0, 0.1) is 29.1 Å². The van der Waals surface area contributed by atoms with Crippen LogP contribution in [0.25, 0.3) is 0 Å². The van der Waals surface area contributed by atoms with E-state index in [0.717, 1.165) is 37.0 Å². The van der Waals surface area contributed by atoms with Gasteiger partial charge in [0.05, 0.1) is 12.6 Å². The minimum Gasteiger partial charge on any atom is -0.331 e. The zero-order valence-electron chi connectivity index (χ0n) is 19.0. The highest BCUT2D eigenvalue weighted by atomic mass is 16.2. The van der Waals surface area contributed by atoms with E-state index in [-0.39, 0.29) is 36.1 Å². The fourth-order valence-electron chi connectivity index (χ4n) is 3.39. The quantitative estimate of drug-likeness (QED) is 0.475. The van der Waals surface area contributed by atoms with Crippen molar-refractivity contribution in [3.63, 3.8) is 0 Å². The summed E-state index contributed by atoms with van der Waals surface area (Å²) < 4.78 is 0. The zero-order valence-corrected chi connectivity index (χ0v) is 19.0. The molecule has 1 aliphatic carbocycles. The highest BCUT2D eigenvalue weighted by Crippen LogP contribution is 2.37. The Hall–Kier alpha value is -2.35. The molecular weight excluding hydrogens is 362 g/mol. The molecule has 0 bridgehead atoms. The third-order valence-electron chi connectivity index (χ3n) is 5.37. The van der Waals surface area contributed by atoms with E-state index in [1.165, 1.54) is 11.1 Å². The number of carbonyl (C=O) groups excluding carboxylic acids is 2. The number of hydrogen-bond donors (Lipinski definition) is 1. The second kappa shape index (κ2) is 11.6. The molecule has 0 aromatic heterocycles. The number of Topliss-reactive ketones (excluding diaryl/α,β-unsaturated/α-hetero) is 1. The Kier molecular flexibility index (Phi) is 9.88. The highest BCUT2D eigenvalue weighted by molar-refractivity contribution is 5.87. The molecule has 0 saturated heterocycles. The average molecular weight is 400 g/mol. The molecule has 0 aromatic rings. The van der Waals surface area contributed by atoms with Crippen molar-refractivity contribution in [1.82, 2.24) is 10.2 Å². The first-order valence-electron chi connectivity index (χ1n) is 10.6. The fourth-order valence-corrected chi connectivity index (χ4v) is 3.39. The van der Waals surface area contributed by atoms with E-state index in [0.29, 0.717) is 6.42 Å². The second-order valence-corrected chi connectivity index (χ2v) is 8.60. The van der Waals surface area contributed by atoms with Crippen molar-refractivity contribution < 1.29 is 9.59 Å². The van der Waals surface area contributed by atoms with Crippen LogP contribution in [0.2, 0.25) is 0 Å². The maximum Gasteiger partial charge on any atom is 0.321 e. The summed E-state index contributed by atoms with van der Waals surface area (Å²) in [5.41, 5.74) is 4.32. The maximum absolute atomic E-state index is 12.6. The summed E-state index contributed by atoms with van der Waals surface area (Å²) in [7, 11) is 1.74. The third-order valence-corrected chi connectivity index (χ3v) is 5.37. The SMILES string of the molecule is C=C(C(=C1CC1)N(C)C(=O)NCC(=O)C(C)CC(C)/C=C(\C)CCC#N)C(C)C. The zero-order chi connectivity index (χ0) is 22.1. The fraction of sp³-hybridized carbons (Fsp3) is 0.625. The Morgan fingerprint density at radius 3 is 2.41 bits per heavy atom. The first-order chi connectivity index (χ1) is 13.6. The lowest BCUT2D eigenvalue weighted by molar-refractivity contribution is -0.121. The van der Waals surface area contributed by atoms with Gasteiger partial charge in [-0.1, -0.05) is 45.9 Å². The molecule has 2 atom stereocenters. The lowest BCUT2D eigenvalue weighted by Crippen LogP contribution is -2.41. The Labute approximate surface area is 176 Å². The molecule has 0 heterocycles. The number of nitriles is 1. The van der Waals surface area contributed by atoms with Crippen molar-refractivity contribution in [2.45, 2.75) is 66.7 Å². The Morgan fingerprint density at radius 1 is 1.28 bits per heavy atom.